The summed E-state index contributed by atoms with van der Waals surface area (Å²) in [6.45, 7) is 0.398. The second-order valence-corrected chi connectivity index (χ2v) is 1.64. The maximum atomic E-state index is 9.84. The van der Waals surface area contributed by atoms with Gasteiger partial charge in [0.1, 0.15) is 5.76 Å². The first-order valence-electron chi connectivity index (χ1n) is 2.83. The molecule has 1 aliphatic rings. The predicted molar refractivity (Wildman–Crippen MR) is 36.6 cm³/mol. The molecule has 0 saturated heterocycles. The van der Waals surface area contributed by atoms with Crippen LogP contribution in [0.3, 0.4) is 0 Å². The molecule has 0 atom stereocenters. The third-order valence-corrected chi connectivity index (χ3v) is 0.981. The lowest BCUT2D eigenvalue weighted by Gasteiger charge is -1.92. The van der Waals surface area contributed by atoms with E-state index in [1.165, 1.54) is 0 Å². The summed E-state index contributed by atoms with van der Waals surface area (Å²) in [6, 6.07) is 0. The third kappa shape index (κ3) is 1.78. The number of hydrogen-bond acceptors (Lipinski definition) is 3. The van der Waals surface area contributed by atoms with Crippen LogP contribution in [0.25, 0.3) is 0 Å². The highest BCUT2D eigenvalue weighted by Gasteiger charge is 1.89. The summed E-state index contributed by atoms with van der Waals surface area (Å²) in [7, 11) is 0. The molecule has 1 heterocycles. The second kappa shape index (κ2) is 3.50. The standard InChI is InChI=1S/C7H7NO2/c9-6-10-7-2-1-4-8-5-3-7/h1-6,8H. The van der Waals surface area contributed by atoms with Gasteiger partial charge in [0.15, 0.2) is 0 Å². The van der Waals surface area contributed by atoms with Gasteiger partial charge in [0.25, 0.3) is 6.47 Å². The lowest BCUT2D eigenvalue weighted by Crippen LogP contribution is -1.89. The molecule has 1 rings (SSSR count). The van der Waals surface area contributed by atoms with Crippen molar-refractivity contribution in [3.8, 4) is 0 Å². The third-order valence-electron chi connectivity index (χ3n) is 0.981. The number of carbonyl (C=O) groups is 1. The van der Waals surface area contributed by atoms with E-state index in [1.807, 2.05) is 0 Å². The Labute approximate surface area is 58.7 Å². The molecule has 3 nitrogen and oxygen atoms in total. The summed E-state index contributed by atoms with van der Waals surface area (Å²) in [5, 5.41) is 2.83. The van der Waals surface area contributed by atoms with Crippen LogP contribution in [0.2, 0.25) is 0 Å². The summed E-state index contributed by atoms with van der Waals surface area (Å²) < 4.78 is 4.57. The van der Waals surface area contributed by atoms with Gasteiger partial charge < -0.3 is 10.1 Å². The second-order valence-electron chi connectivity index (χ2n) is 1.64. The van der Waals surface area contributed by atoms with Crippen LogP contribution in [0, 0.1) is 0 Å². The van der Waals surface area contributed by atoms with Crippen LogP contribution >= 0.6 is 0 Å². The Hall–Kier alpha value is -1.51. The SMILES string of the molecule is O=COC1=CC=CNC=C1. The molecule has 3 heteroatoms. The quantitative estimate of drug-likeness (QED) is 0.568. The Bertz CT molecular complexity index is 204. The highest BCUT2D eigenvalue weighted by atomic mass is 16.5. The van der Waals surface area contributed by atoms with Crippen molar-refractivity contribution in [1.29, 1.82) is 0 Å². The molecule has 0 aromatic heterocycles. The first kappa shape index (κ1) is 6.61. The molecule has 0 aliphatic carbocycles. The minimum absolute atomic E-state index is 0.398. The molecule has 1 N–H and O–H groups in total. The van der Waals surface area contributed by atoms with Crippen LogP contribution in [-0.4, -0.2) is 6.47 Å². The fraction of sp³-hybridized carbons (Fsp3) is 0. The van der Waals surface area contributed by atoms with Gasteiger partial charge in [0, 0.05) is 12.4 Å². The largest absolute Gasteiger partial charge is 0.429 e. The van der Waals surface area contributed by atoms with E-state index in [1.54, 1.807) is 30.6 Å². The fourth-order valence-corrected chi connectivity index (χ4v) is 0.574. The Morgan fingerprint density at radius 1 is 1.50 bits per heavy atom. The van der Waals surface area contributed by atoms with Crippen molar-refractivity contribution in [2.24, 2.45) is 0 Å². The average Bonchev–Trinajstić information content (AvgIpc) is 2.17. The summed E-state index contributed by atoms with van der Waals surface area (Å²) in [5.41, 5.74) is 0. The van der Waals surface area contributed by atoms with Crippen molar-refractivity contribution >= 4 is 6.47 Å². The Balaban J connectivity index is 2.63. The molecule has 0 bridgehead atoms. The lowest BCUT2D eigenvalue weighted by atomic mass is 10.4. The van der Waals surface area contributed by atoms with Crippen molar-refractivity contribution in [2.75, 3.05) is 0 Å². The Morgan fingerprint density at radius 3 is 3.20 bits per heavy atom. The van der Waals surface area contributed by atoms with Crippen LogP contribution < -0.4 is 5.32 Å². The van der Waals surface area contributed by atoms with Crippen molar-refractivity contribution in [1.82, 2.24) is 5.32 Å². The van der Waals surface area contributed by atoms with E-state index < -0.39 is 0 Å². The van der Waals surface area contributed by atoms with Crippen molar-refractivity contribution in [2.45, 2.75) is 0 Å². The average molecular weight is 137 g/mol. The molecule has 52 valence electrons. The van der Waals surface area contributed by atoms with Gasteiger partial charge in [-0.1, -0.05) is 0 Å². The zero-order valence-corrected chi connectivity index (χ0v) is 5.28. The van der Waals surface area contributed by atoms with Gasteiger partial charge in [-0.2, -0.15) is 0 Å². The lowest BCUT2D eigenvalue weighted by molar-refractivity contribution is -0.124. The van der Waals surface area contributed by atoms with Crippen LogP contribution in [0.5, 0.6) is 0 Å². The van der Waals surface area contributed by atoms with Gasteiger partial charge >= 0.3 is 0 Å². The zero-order valence-electron chi connectivity index (χ0n) is 5.28. The number of rotatable bonds is 2. The molecule has 0 amide bonds. The minimum atomic E-state index is 0.398. The minimum Gasteiger partial charge on any atom is -0.429 e. The summed E-state index contributed by atoms with van der Waals surface area (Å²) in [4.78, 5) is 9.84. The molecule has 0 unspecified atom stereocenters. The number of carbonyl (C=O) groups excluding carboxylic acids is 1. The number of ether oxygens (including phenoxy) is 1. The van der Waals surface area contributed by atoms with Gasteiger partial charge in [-0.25, -0.2) is 0 Å². The molecule has 1 aliphatic heterocycles. The molecular weight excluding hydrogens is 130 g/mol. The van der Waals surface area contributed by atoms with E-state index in [4.69, 9.17) is 0 Å². The van der Waals surface area contributed by atoms with Crippen molar-refractivity contribution < 1.29 is 9.53 Å². The van der Waals surface area contributed by atoms with Gasteiger partial charge in [0.05, 0.1) is 0 Å². The molecule has 10 heavy (non-hydrogen) atoms. The predicted octanol–water partition coefficient (Wildman–Crippen LogP) is 0.674. The normalized spacial score (nSPS) is 15.0. The van der Waals surface area contributed by atoms with Crippen molar-refractivity contribution in [3.63, 3.8) is 0 Å². The molecule has 0 spiro atoms. The first-order chi connectivity index (χ1) is 4.93. The smallest absolute Gasteiger partial charge is 0.298 e. The fourth-order valence-electron chi connectivity index (χ4n) is 0.574. The van der Waals surface area contributed by atoms with E-state index in [0.29, 0.717) is 12.2 Å². The highest BCUT2D eigenvalue weighted by Crippen LogP contribution is 1.99. The number of nitrogens with one attached hydrogen (secondary N) is 1. The maximum absolute atomic E-state index is 9.84. The Kier molecular flexibility index (Phi) is 2.31. The van der Waals surface area contributed by atoms with Gasteiger partial charge in [-0.3, -0.25) is 4.79 Å². The number of hydrogen-bond donors (Lipinski definition) is 1. The van der Waals surface area contributed by atoms with Crippen LogP contribution in [0.15, 0.2) is 36.4 Å². The van der Waals surface area contributed by atoms with Crippen LogP contribution in [0.4, 0.5) is 0 Å². The zero-order chi connectivity index (χ0) is 7.23. The number of allylic oxidation sites excluding steroid dienone is 3. The summed E-state index contributed by atoms with van der Waals surface area (Å²) >= 11 is 0. The van der Waals surface area contributed by atoms with E-state index in [9.17, 15) is 4.79 Å². The monoisotopic (exact) mass is 137 g/mol. The molecule has 0 aromatic carbocycles. The highest BCUT2D eigenvalue weighted by molar-refractivity contribution is 5.42. The molecule has 0 fully saturated rings. The van der Waals surface area contributed by atoms with E-state index >= 15 is 0 Å². The Morgan fingerprint density at radius 2 is 2.40 bits per heavy atom. The van der Waals surface area contributed by atoms with E-state index in [-0.39, 0.29) is 0 Å². The maximum Gasteiger partial charge on any atom is 0.298 e. The summed E-state index contributed by atoms with van der Waals surface area (Å²) in [6.07, 6.45) is 8.51. The van der Waals surface area contributed by atoms with Gasteiger partial charge in [-0.05, 0) is 18.2 Å². The van der Waals surface area contributed by atoms with Gasteiger partial charge in [-0.15, -0.1) is 0 Å². The molecule has 0 aromatic rings. The van der Waals surface area contributed by atoms with Crippen molar-refractivity contribution in [3.05, 3.63) is 36.4 Å². The summed E-state index contributed by atoms with van der Waals surface area (Å²) in [5.74, 6) is 0.524. The van der Waals surface area contributed by atoms with Crippen LogP contribution in [0.1, 0.15) is 0 Å². The van der Waals surface area contributed by atoms with Gasteiger partial charge in [0.2, 0.25) is 0 Å². The van der Waals surface area contributed by atoms with Crippen LogP contribution in [-0.2, 0) is 9.53 Å². The van der Waals surface area contributed by atoms with E-state index in [2.05, 4.69) is 10.1 Å². The molecule has 0 radical (unpaired) electrons. The first-order valence-corrected chi connectivity index (χ1v) is 2.83. The molecule has 0 saturated carbocycles. The topological polar surface area (TPSA) is 38.3 Å². The van der Waals surface area contributed by atoms with E-state index in [0.717, 1.165) is 0 Å². The molecular formula is C7H7NO2.